The summed E-state index contributed by atoms with van der Waals surface area (Å²) in [6, 6.07) is 1.77. The normalized spacial score (nSPS) is 8.50. The maximum Gasteiger partial charge on any atom is 0.286 e. The number of hydrogen-bond donors (Lipinski definition) is 0. The van der Waals surface area contributed by atoms with Crippen molar-refractivity contribution in [2.24, 2.45) is 0 Å². The van der Waals surface area contributed by atoms with Crippen LogP contribution in [0, 0.1) is 0 Å². The minimum absolute atomic E-state index is 0. The Morgan fingerprint density at radius 3 is 2.80 bits per heavy atom. The molecule has 1 aromatic heterocycles. The second kappa shape index (κ2) is 5.29. The van der Waals surface area contributed by atoms with E-state index in [1.165, 1.54) is 0 Å². The van der Waals surface area contributed by atoms with Gasteiger partial charge in [0.1, 0.15) is 19.4 Å². The van der Waals surface area contributed by atoms with Gasteiger partial charge < -0.3 is 17.0 Å². The van der Waals surface area contributed by atoms with E-state index in [4.69, 9.17) is 0 Å². The Hall–Kier alpha value is -0.510. The molecular formula is C6H8BrFN2. The van der Waals surface area contributed by atoms with Gasteiger partial charge in [-0.05, 0) is 0 Å². The lowest BCUT2D eigenvalue weighted by molar-refractivity contribution is -0.699. The lowest BCUT2D eigenvalue weighted by atomic mass is 10.6. The smallest absolute Gasteiger partial charge is 0.286 e. The van der Waals surface area contributed by atoms with Crippen LogP contribution in [0.25, 0.3) is 0 Å². The molecule has 0 bridgehead atoms. The molecule has 0 amide bonds. The predicted octanol–water partition coefficient (Wildman–Crippen LogP) is -2.66. The van der Waals surface area contributed by atoms with E-state index in [9.17, 15) is 4.39 Å². The van der Waals surface area contributed by atoms with E-state index in [-0.39, 0.29) is 23.7 Å². The molecule has 0 spiro atoms. The van der Waals surface area contributed by atoms with Crippen LogP contribution in [-0.2, 0) is 6.54 Å². The minimum atomic E-state index is -0.337. The highest BCUT2D eigenvalue weighted by Crippen LogP contribution is 1.71. The summed E-state index contributed by atoms with van der Waals surface area (Å²) < 4.78 is 13.3. The Balaban J connectivity index is 0.000000810. The van der Waals surface area contributed by atoms with Crippen molar-refractivity contribution in [2.45, 2.75) is 6.54 Å². The van der Waals surface area contributed by atoms with Crippen LogP contribution in [0.5, 0.6) is 0 Å². The Morgan fingerprint density at radius 1 is 1.50 bits per heavy atom. The monoisotopic (exact) mass is 206 g/mol. The van der Waals surface area contributed by atoms with Crippen molar-refractivity contribution in [1.82, 2.24) is 4.98 Å². The molecule has 2 nitrogen and oxygen atoms in total. The summed E-state index contributed by atoms with van der Waals surface area (Å²) in [7, 11) is 0. The van der Waals surface area contributed by atoms with Gasteiger partial charge in [0.05, 0.1) is 6.20 Å². The van der Waals surface area contributed by atoms with Crippen molar-refractivity contribution >= 4 is 0 Å². The first-order valence-corrected chi connectivity index (χ1v) is 2.78. The fourth-order valence-corrected chi connectivity index (χ4v) is 0.591. The van der Waals surface area contributed by atoms with E-state index < -0.39 is 0 Å². The number of halogens is 2. The van der Waals surface area contributed by atoms with Crippen LogP contribution < -0.4 is 21.5 Å². The molecule has 1 aromatic rings. The van der Waals surface area contributed by atoms with Crippen molar-refractivity contribution in [2.75, 3.05) is 6.67 Å². The van der Waals surface area contributed by atoms with Crippen molar-refractivity contribution in [3.63, 3.8) is 0 Å². The van der Waals surface area contributed by atoms with Crippen molar-refractivity contribution in [3.05, 3.63) is 24.8 Å². The number of rotatable bonds is 2. The van der Waals surface area contributed by atoms with Crippen LogP contribution in [-0.4, -0.2) is 11.7 Å². The van der Waals surface area contributed by atoms with Gasteiger partial charge in [0.2, 0.25) is 0 Å². The van der Waals surface area contributed by atoms with E-state index in [1.54, 1.807) is 29.4 Å². The highest BCUT2D eigenvalue weighted by atomic mass is 79.9. The molecule has 0 aliphatic carbocycles. The molecule has 1 heterocycles. The molecule has 0 atom stereocenters. The molecule has 0 aliphatic heterocycles. The third-order valence-corrected chi connectivity index (χ3v) is 1.01. The second-order valence-electron chi connectivity index (χ2n) is 1.68. The molecule has 0 saturated carbocycles. The largest absolute Gasteiger partial charge is 1.00 e. The first-order chi connectivity index (χ1) is 4.43. The van der Waals surface area contributed by atoms with E-state index in [0.29, 0.717) is 6.54 Å². The molecule has 0 fully saturated rings. The van der Waals surface area contributed by atoms with Gasteiger partial charge in [-0.2, -0.15) is 0 Å². The fourth-order valence-electron chi connectivity index (χ4n) is 0.591. The predicted molar refractivity (Wildman–Crippen MR) is 30.4 cm³/mol. The quantitative estimate of drug-likeness (QED) is 0.484. The highest BCUT2D eigenvalue weighted by molar-refractivity contribution is 4.68. The minimum Gasteiger partial charge on any atom is -1.00 e. The lowest BCUT2D eigenvalue weighted by Crippen LogP contribution is -3.00. The number of alkyl halides is 1. The zero-order valence-electron chi connectivity index (χ0n) is 5.37. The molecule has 56 valence electrons. The summed E-state index contributed by atoms with van der Waals surface area (Å²) in [4.78, 5) is 3.80. The maximum atomic E-state index is 11.6. The second-order valence-corrected chi connectivity index (χ2v) is 1.68. The van der Waals surface area contributed by atoms with Gasteiger partial charge in [0, 0.05) is 6.07 Å². The zero-order valence-corrected chi connectivity index (χ0v) is 6.96. The van der Waals surface area contributed by atoms with E-state index in [1.807, 2.05) is 0 Å². The Kier molecular flexibility index (Phi) is 5.02. The number of aromatic nitrogens is 2. The van der Waals surface area contributed by atoms with Crippen molar-refractivity contribution < 1.29 is 25.9 Å². The number of aryl methyl sites for hydroxylation is 1. The molecule has 10 heavy (non-hydrogen) atoms. The van der Waals surface area contributed by atoms with Crippen LogP contribution in [0.2, 0.25) is 0 Å². The van der Waals surface area contributed by atoms with Gasteiger partial charge in [-0.3, -0.25) is 0 Å². The molecule has 0 aromatic carbocycles. The molecule has 0 radical (unpaired) electrons. The summed E-state index contributed by atoms with van der Waals surface area (Å²) in [5.41, 5.74) is 0. The van der Waals surface area contributed by atoms with Crippen molar-refractivity contribution in [1.29, 1.82) is 0 Å². The third-order valence-electron chi connectivity index (χ3n) is 1.01. The molecule has 4 heteroatoms. The van der Waals surface area contributed by atoms with E-state index >= 15 is 0 Å². The first-order valence-electron chi connectivity index (χ1n) is 2.78. The molecule has 0 aliphatic rings. The van der Waals surface area contributed by atoms with Gasteiger partial charge >= 0.3 is 0 Å². The van der Waals surface area contributed by atoms with Crippen LogP contribution in [0.3, 0.4) is 0 Å². The SMILES string of the molecule is FCC[n+]1cccnc1.[Br-]. The van der Waals surface area contributed by atoms with Crippen molar-refractivity contribution in [3.8, 4) is 0 Å². The molecular weight excluding hydrogens is 199 g/mol. The van der Waals surface area contributed by atoms with Crippen LogP contribution >= 0.6 is 0 Å². The fraction of sp³-hybridized carbons (Fsp3) is 0.333. The molecule has 0 saturated heterocycles. The maximum absolute atomic E-state index is 11.6. The van der Waals surface area contributed by atoms with Gasteiger partial charge in [-0.25, -0.2) is 8.96 Å². The summed E-state index contributed by atoms with van der Waals surface area (Å²) in [5, 5.41) is 0. The van der Waals surface area contributed by atoms with E-state index in [0.717, 1.165) is 0 Å². The lowest BCUT2D eigenvalue weighted by Gasteiger charge is -1.88. The number of nitrogens with zero attached hydrogens (tertiary/aromatic N) is 2. The Bertz CT molecular complexity index is 169. The average molecular weight is 207 g/mol. The van der Waals surface area contributed by atoms with Crippen LogP contribution in [0.4, 0.5) is 4.39 Å². The van der Waals surface area contributed by atoms with Gasteiger partial charge in [-0.1, -0.05) is 4.98 Å². The Labute approximate surface area is 69.5 Å². The summed E-state index contributed by atoms with van der Waals surface area (Å²) in [6.45, 7) is 0.0597. The summed E-state index contributed by atoms with van der Waals surface area (Å²) in [5.74, 6) is 0. The summed E-state index contributed by atoms with van der Waals surface area (Å²) in [6.07, 6.45) is 5.04. The van der Waals surface area contributed by atoms with Gasteiger partial charge in [0.25, 0.3) is 6.33 Å². The third kappa shape index (κ3) is 2.87. The molecule has 0 N–H and O–H groups in total. The highest BCUT2D eigenvalue weighted by Gasteiger charge is 1.91. The van der Waals surface area contributed by atoms with Crippen LogP contribution in [0.1, 0.15) is 0 Å². The summed E-state index contributed by atoms with van der Waals surface area (Å²) >= 11 is 0. The molecule has 0 unspecified atom stereocenters. The zero-order chi connectivity index (χ0) is 6.53. The standard InChI is InChI=1S/C6H8FN2.BrH/c7-2-5-9-4-1-3-8-6-9;/h1,3-4,6H,2,5H2;1H/q+1;/p-1. The first kappa shape index (κ1) is 9.49. The molecule has 1 rings (SSSR count). The topological polar surface area (TPSA) is 16.8 Å². The van der Waals surface area contributed by atoms with Crippen LogP contribution in [0.15, 0.2) is 24.8 Å². The Morgan fingerprint density at radius 2 is 2.30 bits per heavy atom. The average Bonchev–Trinajstić information content (AvgIpc) is 1.91. The number of hydrogen-bond acceptors (Lipinski definition) is 1. The van der Waals surface area contributed by atoms with Gasteiger partial charge in [0.15, 0.2) is 0 Å². The van der Waals surface area contributed by atoms with Gasteiger partial charge in [-0.15, -0.1) is 0 Å². The van der Waals surface area contributed by atoms with E-state index in [2.05, 4.69) is 4.98 Å².